The van der Waals surface area contributed by atoms with E-state index in [0.717, 1.165) is 0 Å². The molecule has 0 unspecified atom stereocenters. The van der Waals surface area contributed by atoms with Crippen LogP contribution in [0.1, 0.15) is 0 Å². The number of benzene rings is 1. The maximum Gasteiger partial charge on any atom is 0.238 e. The van der Waals surface area contributed by atoms with Crippen LogP contribution < -0.4 is 4.90 Å². The van der Waals surface area contributed by atoms with E-state index in [1.54, 1.807) is 36.4 Å². The van der Waals surface area contributed by atoms with Crippen LogP contribution in [-0.2, 0) is 23.9 Å². The summed E-state index contributed by atoms with van der Waals surface area (Å²) in [6, 6.07) is 8.78. The average molecular weight is 327 g/mol. The minimum Gasteiger partial charge on any atom is -0.346 e. The molecule has 5 rings (SSSR count). The second kappa shape index (κ2) is 5.09. The van der Waals surface area contributed by atoms with Crippen LogP contribution in [0.2, 0.25) is 0 Å². The van der Waals surface area contributed by atoms with Crippen LogP contribution in [0, 0.1) is 23.7 Å². The number of fused-ring (bicyclic) bond motifs is 1. The SMILES string of the molecule is COC1(OC)C(=O)[C@H]2C=C[C@H]1[C@@H]1C(=O)N(c3ccccc3)C(=O)[C@H]12. The van der Waals surface area contributed by atoms with E-state index in [-0.39, 0.29) is 17.6 Å². The fourth-order valence-electron chi connectivity index (χ4n) is 4.35. The Balaban J connectivity index is 1.82. The lowest BCUT2D eigenvalue weighted by molar-refractivity contribution is -0.245. The molecule has 1 aromatic carbocycles. The summed E-state index contributed by atoms with van der Waals surface area (Å²) in [5.41, 5.74) is 0.522. The number of imide groups is 1. The van der Waals surface area contributed by atoms with Gasteiger partial charge in [0.2, 0.25) is 17.6 Å². The van der Waals surface area contributed by atoms with Gasteiger partial charge in [0.05, 0.1) is 29.4 Å². The van der Waals surface area contributed by atoms with Gasteiger partial charge in [-0.15, -0.1) is 0 Å². The standard InChI is InChI=1S/C18H17NO5/c1-23-18(24-2)12-9-8-11(15(18)20)13-14(12)17(22)19(16(13)21)10-6-4-3-5-7-10/h3-9,11-14H,1-2H3/t11-,12-,13-,14-/m0/s1. The van der Waals surface area contributed by atoms with Crippen molar-refractivity contribution in [3.8, 4) is 0 Å². The number of carbonyl (C=O) groups excluding carboxylic acids is 3. The van der Waals surface area contributed by atoms with E-state index < -0.39 is 29.5 Å². The number of Topliss-reactive ketones (excluding diaryl/α,β-unsaturated/α-hetero) is 1. The first-order valence-corrected chi connectivity index (χ1v) is 7.82. The molecular weight excluding hydrogens is 310 g/mol. The Morgan fingerprint density at radius 2 is 1.54 bits per heavy atom. The Morgan fingerprint density at radius 3 is 2.17 bits per heavy atom. The molecule has 1 saturated heterocycles. The highest BCUT2D eigenvalue weighted by atomic mass is 16.7. The minimum absolute atomic E-state index is 0.294. The maximum absolute atomic E-state index is 13.0. The molecule has 6 heteroatoms. The first-order chi connectivity index (χ1) is 11.6. The number of methoxy groups -OCH3 is 2. The second-order valence-corrected chi connectivity index (χ2v) is 6.28. The highest BCUT2D eigenvalue weighted by Gasteiger charge is 2.69. The largest absolute Gasteiger partial charge is 0.346 e. The number of nitrogens with zero attached hydrogens (tertiary/aromatic N) is 1. The number of anilines is 1. The van der Waals surface area contributed by atoms with Gasteiger partial charge in [0.25, 0.3) is 0 Å². The molecule has 4 aliphatic rings. The summed E-state index contributed by atoms with van der Waals surface area (Å²) >= 11 is 0. The summed E-state index contributed by atoms with van der Waals surface area (Å²) in [5, 5.41) is 0. The number of ether oxygens (including phenoxy) is 2. The first kappa shape index (κ1) is 15.2. The van der Waals surface area contributed by atoms with Crippen molar-refractivity contribution in [2.24, 2.45) is 23.7 Å². The molecule has 3 aliphatic carbocycles. The monoisotopic (exact) mass is 327 g/mol. The number of hydrogen-bond acceptors (Lipinski definition) is 5. The molecule has 24 heavy (non-hydrogen) atoms. The summed E-state index contributed by atoms with van der Waals surface area (Å²) < 4.78 is 10.8. The molecule has 1 saturated carbocycles. The molecule has 2 fully saturated rings. The second-order valence-electron chi connectivity index (χ2n) is 6.28. The van der Waals surface area contributed by atoms with Gasteiger partial charge in [0.1, 0.15) is 0 Å². The van der Waals surface area contributed by atoms with Crippen molar-refractivity contribution in [2.45, 2.75) is 5.79 Å². The third-order valence-corrected chi connectivity index (χ3v) is 5.40. The number of amides is 2. The van der Waals surface area contributed by atoms with Gasteiger partial charge in [-0.1, -0.05) is 30.4 Å². The normalized spacial score (nSPS) is 33.2. The van der Waals surface area contributed by atoms with Crippen LogP contribution in [0.3, 0.4) is 0 Å². The summed E-state index contributed by atoms with van der Waals surface area (Å²) in [5.74, 6) is -5.07. The molecule has 1 aromatic rings. The smallest absolute Gasteiger partial charge is 0.238 e. The molecule has 124 valence electrons. The lowest BCUT2D eigenvalue weighted by Gasteiger charge is -2.48. The third-order valence-electron chi connectivity index (χ3n) is 5.40. The number of allylic oxidation sites excluding steroid dienone is 1. The zero-order valence-electron chi connectivity index (χ0n) is 13.3. The quantitative estimate of drug-likeness (QED) is 0.473. The van der Waals surface area contributed by atoms with Crippen molar-refractivity contribution in [1.29, 1.82) is 0 Å². The zero-order valence-corrected chi connectivity index (χ0v) is 13.3. The molecule has 2 bridgehead atoms. The Kier molecular flexibility index (Phi) is 3.23. The summed E-state index contributed by atoms with van der Waals surface area (Å²) in [7, 11) is 2.78. The van der Waals surface area contributed by atoms with Crippen LogP contribution in [0.5, 0.6) is 0 Å². The molecule has 2 amide bonds. The summed E-state index contributed by atoms with van der Waals surface area (Å²) in [6.07, 6.45) is 3.49. The van der Waals surface area contributed by atoms with Crippen molar-refractivity contribution in [2.75, 3.05) is 19.1 Å². The van der Waals surface area contributed by atoms with Gasteiger partial charge in [-0.2, -0.15) is 0 Å². The molecule has 0 N–H and O–H groups in total. The topological polar surface area (TPSA) is 72.9 Å². The maximum atomic E-state index is 13.0. The van der Waals surface area contributed by atoms with Crippen LogP contribution >= 0.6 is 0 Å². The van der Waals surface area contributed by atoms with E-state index in [9.17, 15) is 14.4 Å². The van der Waals surface area contributed by atoms with Gasteiger partial charge in [-0.05, 0) is 12.1 Å². The van der Waals surface area contributed by atoms with Gasteiger partial charge in [0.15, 0.2) is 5.78 Å². The van der Waals surface area contributed by atoms with Crippen molar-refractivity contribution >= 4 is 23.3 Å². The van der Waals surface area contributed by atoms with E-state index in [4.69, 9.17) is 9.47 Å². The lowest BCUT2D eigenvalue weighted by atomic mass is 9.59. The number of para-hydroxylation sites is 1. The first-order valence-electron chi connectivity index (χ1n) is 7.82. The molecule has 4 atom stereocenters. The van der Waals surface area contributed by atoms with Crippen LogP contribution in [0.4, 0.5) is 5.69 Å². The van der Waals surface area contributed by atoms with Crippen molar-refractivity contribution in [3.05, 3.63) is 42.5 Å². The lowest BCUT2D eigenvalue weighted by Crippen LogP contribution is -2.63. The average Bonchev–Trinajstić information content (AvgIpc) is 2.89. The molecule has 0 spiro atoms. The van der Waals surface area contributed by atoms with Crippen LogP contribution in [0.25, 0.3) is 0 Å². The Morgan fingerprint density at radius 1 is 0.917 bits per heavy atom. The predicted molar refractivity (Wildman–Crippen MR) is 83.8 cm³/mol. The fourth-order valence-corrected chi connectivity index (χ4v) is 4.35. The third kappa shape index (κ3) is 1.64. The zero-order chi connectivity index (χ0) is 17.1. The Hall–Kier alpha value is -2.31. The number of rotatable bonds is 3. The fraction of sp³-hybridized carbons (Fsp3) is 0.389. The predicted octanol–water partition coefficient (Wildman–Crippen LogP) is 1.17. The molecule has 0 aromatic heterocycles. The highest BCUT2D eigenvalue weighted by Crippen LogP contribution is 2.53. The number of ketones is 1. The van der Waals surface area contributed by atoms with Crippen LogP contribution in [0.15, 0.2) is 42.5 Å². The Bertz CT molecular complexity index is 752. The minimum atomic E-state index is -1.50. The number of hydrogen-bond donors (Lipinski definition) is 0. The van der Waals surface area contributed by atoms with E-state index in [1.807, 2.05) is 6.07 Å². The van der Waals surface area contributed by atoms with Gasteiger partial charge >= 0.3 is 0 Å². The van der Waals surface area contributed by atoms with Gasteiger partial charge in [-0.25, -0.2) is 0 Å². The van der Waals surface area contributed by atoms with Crippen molar-refractivity contribution in [3.63, 3.8) is 0 Å². The summed E-state index contributed by atoms with van der Waals surface area (Å²) in [4.78, 5) is 39.9. The molecule has 6 nitrogen and oxygen atoms in total. The number of carbonyl (C=O) groups is 3. The van der Waals surface area contributed by atoms with E-state index in [0.29, 0.717) is 5.69 Å². The molecule has 1 aliphatic heterocycles. The summed E-state index contributed by atoms with van der Waals surface area (Å²) in [6.45, 7) is 0. The van der Waals surface area contributed by atoms with Gasteiger partial charge in [-0.3, -0.25) is 19.3 Å². The van der Waals surface area contributed by atoms with E-state index >= 15 is 0 Å². The van der Waals surface area contributed by atoms with E-state index in [2.05, 4.69) is 0 Å². The van der Waals surface area contributed by atoms with Crippen LogP contribution in [-0.4, -0.2) is 37.6 Å². The van der Waals surface area contributed by atoms with Crippen molar-refractivity contribution < 1.29 is 23.9 Å². The van der Waals surface area contributed by atoms with E-state index in [1.165, 1.54) is 19.1 Å². The van der Waals surface area contributed by atoms with Gasteiger partial charge < -0.3 is 9.47 Å². The Labute approximate surface area is 139 Å². The molecule has 0 radical (unpaired) electrons. The highest BCUT2D eigenvalue weighted by molar-refractivity contribution is 6.24. The van der Waals surface area contributed by atoms with Gasteiger partial charge in [0, 0.05) is 14.2 Å². The van der Waals surface area contributed by atoms with Crippen molar-refractivity contribution in [1.82, 2.24) is 0 Å². The molecule has 1 heterocycles. The molecular formula is C18H17NO5.